The molecule has 2 aliphatic rings. The lowest BCUT2D eigenvalue weighted by Gasteiger charge is -2.45. The molecule has 0 N–H and O–H groups in total. The van der Waals surface area contributed by atoms with Crippen molar-refractivity contribution >= 4 is 16.3 Å². The second-order valence-electron chi connectivity index (χ2n) is 7.46. The third kappa shape index (κ3) is 4.11. The van der Waals surface area contributed by atoms with Crippen molar-refractivity contribution in [3.63, 3.8) is 0 Å². The number of carbonyl (C=O) groups is 1. The number of amides is 1. The molecule has 1 spiro atoms. The number of aromatic nitrogens is 1. The zero-order valence-corrected chi connectivity index (χ0v) is 17.1. The van der Waals surface area contributed by atoms with E-state index >= 15 is 0 Å². The van der Waals surface area contributed by atoms with Crippen LogP contribution in [0.25, 0.3) is 0 Å². The van der Waals surface area contributed by atoms with Gasteiger partial charge in [0, 0.05) is 45.2 Å². The predicted octanol–water partition coefficient (Wildman–Crippen LogP) is 1.92. The number of piperidine rings is 1. The van der Waals surface area contributed by atoms with Gasteiger partial charge in [-0.25, -0.2) is 0 Å². The first-order valence-electron chi connectivity index (χ1n) is 9.89. The first-order valence-corrected chi connectivity index (χ1v) is 11.3. The van der Waals surface area contributed by atoms with E-state index in [9.17, 15) is 13.6 Å². The maximum absolute atomic E-state index is 13.2. The summed E-state index contributed by atoms with van der Waals surface area (Å²) in [6.07, 6.45) is 4.43. The average Bonchev–Trinajstić information content (AvgIpc) is 2.77. The number of hydrogen-bond acceptors (Lipinski definition) is 5. The van der Waals surface area contributed by atoms with E-state index in [1.165, 1.54) is 16.1 Å². The number of ether oxygens (including phenoxy) is 1. The molecule has 2 fully saturated rings. The molecule has 1 unspecified atom stereocenters. The van der Waals surface area contributed by atoms with Gasteiger partial charge in [0.1, 0.15) is 5.60 Å². The minimum absolute atomic E-state index is 0.0156. The van der Waals surface area contributed by atoms with Crippen molar-refractivity contribution in [3.05, 3.63) is 60.4 Å². The number of nitrogens with zero attached hydrogens (tertiary/aromatic N) is 3. The molecular formula is C21H25N3O4S. The Morgan fingerprint density at radius 1 is 1.10 bits per heavy atom. The smallest absolute Gasteiger partial charge is 0.255 e. The summed E-state index contributed by atoms with van der Waals surface area (Å²) in [6.45, 7) is 2.22. The summed E-state index contributed by atoms with van der Waals surface area (Å²) in [6, 6.07) is 13.2. The Hall–Kier alpha value is -2.13. The maximum Gasteiger partial charge on any atom is 0.255 e. The van der Waals surface area contributed by atoms with Crippen LogP contribution in [0.15, 0.2) is 59.8 Å². The molecule has 2 aliphatic heterocycles. The van der Waals surface area contributed by atoms with Crippen LogP contribution in [0.5, 0.6) is 0 Å². The van der Waals surface area contributed by atoms with Crippen molar-refractivity contribution < 1.29 is 18.3 Å². The minimum Gasteiger partial charge on any atom is -0.593 e. The van der Waals surface area contributed by atoms with E-state index in [2.05, 4.69) is 17.1 Å². The van der Waals surface area contributed by atoms with Crippen molar-refractivity contribution in [3.8, 4) is 0 Å². The molecule has 154 valence electrons. The summed E-state index contributed by atoms with van der Waals surface area (Å²) in [5.74, 6) is -0.0156. The van der Waals surface area contributed by atoms with Crippen molar-refractivity contribution in [1.82, 2.24) is 14.2 Å². The molecule has 1 aromatic carbocycles. The van der Waals surface area contributed by atoms with Crippen LogP contribution in [0.4, 0.5) is 0 Å². The lowest BCUT2D eigenvalue weighted by molar-refractivity contribution is -0.178. The highest BCUT2D eigenvalue weighted by Crippen LogP contribution is 2.34. The molecule has 0 aliphatic carbocycles. The Bertz CT molecular complexity index is 885. The summed E-state index contributed by atoms with van der Waals surface area (Å²) >= 11 is 0. The van der Waals surface area contributed by atoms with Crippen LogP contribution in [0.2, 0.25) is 0 Å². The van der Waals surface area contributed by atoms with Crippen LogP contribution in [0.1, 0.15) is 18.4 Å². The molecule has 8 heteroatoms. The number of sulfonamides is 1. The summed E-state index contributed by atoms with van der Waals surface area (Å²) in [5.41, 5.74) is 0.286. The molecule has 2 aromatic rings. The maximum atomic E-state index is 13.2. The van der Waals surface area contributed by atoms with Gasteiger partial charge in [-0.15, -0.1) is 4.31 Å². The highest BCUT2D eigenvalue weighted by atomic mass is 32.3. The molecule has 3 heterocycles. The molecule has 1 aromatic heterocycles. The van der Waals surface area contributed by atoms with Crippen molar-refractivity contribution in [2.45, 2.75) is 29.8 Å². The van der Waals surface area contributed by atoms with Crippen LogP contribution in [-0.2, 0) is 30.6 Å². The van der Waals surface area contributed by atoms with Gasteiger partial charge >= 0.3 is 0 Å². The van der Waals surface area contributed by atoms with Gasteiger partial charge in [0.05, 0.1) is 12.8 Å². The fourth-order valence-electron chi connectivity index (χ4n) is 4.02. The van der Waals surface area contributed by atoms with Crippen molar-refractivity contribution in [2.24, 2.45) is 0 Å². The van der Waals surface area contributed by atoms with E-state index in [1.807, 2.05) is 23.1 Å². The molecule has 1 atom stereocenters. The molecule has 1 amide bonds. The normalized spacial score (nSPS) is 21.8. The molecule has 0 radical (unpaired) electrons. The first-order chi connectivity index (χ1) is 14.0. The molecule has 0 bridgehead atoms. The number of carbonyl (C=O) groups excluding carboxylic acids is 1. The summed E-state index contributed by atoms with van der Waals surface area (Å²) in [5, 5.41) is 0. The molecular weight excluding hydrogens is 390 g/mol. The van der Waals surface area contributed by atoms with E-state index in [1.54, 1.807) is 18.3 Å². The number of pyridine rings is 1. The Labute approximate surface area is 172 Å². The van der Waals surface area contributed by atoms with E-state index in [0.717, 1.165) is 6.42 Å². The van der Waals surface area contributed by atoms with Gasteiger partial charge < -0.3 is 14.2 Å². The highest BCUT2D eigenvalue weighted by molar-refractivity contribution is 7.95. The van der Waals surface area contributed by atoms with E-state index in [4.69, 9.17) is 4.74 Å². The Balaban J connectivity index is 1.40. The summed E-state index contributed by atoms with van der Waals surface area (Å²) < 4.78 is 33.0. The van der Waals surface area contributed by atoms with Gasteiger partial charge in [-0.1, -0.05) is 34.5 Å². The zero-order chi connectivity index (χ0) is 20.3. The minimum atomic E-state index is -3.60. The third-order valence-electron chi connectivity index (χ3n) is 5.73. The van der Waals surface area contributed by atoms with Gasteiger partial charge in [-0.3, -0.25) is 9.78 Å². The fraction of sp³-hybridized carbons (Fsp3) is 0.429. The summed E-state index contributed by atoms with van der Waals surface area (Å²) in [4.78, 5) is 19.1. The Morgan fingerprint density at radius 2 is 1.86 bits per heavy atom. The van der Waals surface area contributed by atoms with Gasteiger partial charge in [-0.2, -0.15) is 0 Å². The summed E-state index contributed by atoms with van der Waals surface area (Å²) in [7, 11) is -3.60. The lowest BCUT2D eigenvalue weighted by atomic mass is 9.89. The lowest BCUT2D eigenvalue weighted by Crippen LogP contribution is -2.61. The quantitative estimate of drug-likeness (QED) is 0.697. The van der Waals surface area contributed by atoms with Crippen LogP contribution in [0, 0.1) is 0 Å². The molecule has 0 saturated carbocycles. The van der Waals surface area contributed by atoms with Gasteiger partial charge in [0.15, 0.2) is 15.3 Å². The standard InChI is InChI=1S/C21H25N3O4S/c25-20-21(28-16-15-23(20)12-8-18-5-2-1-3-6-18)9-13-24(14-10-21)29(26,27)19-7-4-11-22-17-19/h1-7,11,17H,8-10,12-16H2. The number of hydrogen-bond donors (Lipinski definition) is 0. The van der Waals surface area contributed by atoms with E-state index in [0.29, 0.717) is 32.5 Å². The van der Waals surface area contributed by atoms with Crippen molar-refractivity contribution in [1.29, 1.82) is 0 Å². The van der Waals surface area contributed by atoms with Crippen LogP contribution >= 0.6 is 0 Å². The number of morpholine rings is 1. The van der Waals surface area contributed by atoms with Crippen LogP contribution in [-0.4, -0.2) is 63.0 Å². The third-order valence-corrected chi connectivity index (χ3v) is 7.61. The molecule has 4 rings (SSSR count). The first kappa shape index (κ1) is 20.2. The Kier molecular flexibility index (Phi) is 5.78. The SMILES string of the molecule is O=C1N(CCc2ccccc2)CCOC12CCN([S+](=O)([O-])c1cccnc1)CC2. The number of benzene rings is 1. The van der Waals surface area contributed by atoms with Gasteiger partial charge in [-0.05, 0) is 24.1 Å². The molecule has 29 heavy (non-hydrogen) atoms. The largest absolute Gasteiger partial charge is 0.593 e. The molecule has 2 saturated heterocycles. The highest BCUT2D eigenvalue weighted by Gasteiger charge is 2.50. The second-order valence-corrected chi connectivity index (χ2v) is 9.40. The predicted molar refractivity (Wildman–Crippen MR) is 108 cm³/mol. The monoisotopic (exact) mass is 415 g/mol. The van der Waals surface area contributed by atoms with Crippen molar-refractivity contribution in [2.75, 3.05) is 32.8 Å². The zero-order valence-electron chi connectivity index (χ0n) is 16.2. The van der Waals surface area contributed by atoms with E-state index in [-0.39, 0.29) is 23.9 Å². The van der Waals surface area contributed by atoms with Gasteiger partial charge in [0.25, 0.3) is 5.91 Å². The second kappa shape index (κ2) is 8.31. The topological polar surface area (TPSA) is 85.8 Å². The van der Waals surface area contributed by atoms with Crippen LogP contribution < -0.4 is 0 Å². The Morgan fingerprint density at radius 3 is 2.55 bits per heavy atom. The van der Waals surface area contributed by atoms with E-state index < -0.39 is 16.0 Å². The molecule has 7 nitrogen and oxygen atoms in total. The van der Waals surface area contributed by atoms with Gasteiger partial charge in [0.2, 0.25) is 0 Å². The number of rotatable bonds is 5. The van der Waals surface area contributed by atoms with Crippen LogP contribution in [0.3, 0.4) is 0 Å². The fourth-order valence-corrected chi connectivity index (χ4v) is 5.43. The average molecular weight is 416 g/mol.